The van der Waals surface area contributed by atoms with Crippen LogP contribution in [-0.2, 0) is 4.74 Å². The standard InChI is InChI=1S/C10H17BrN4O/c1-3-15(5-6-16-4-2)10-13-8(11)7-9(12)14-10/h7H,3-6H2,1-2H3,(H2,12,13,14). The molecular formula is C10H17BrN4O. The molecule has 0 aliphatic rings. The van der Waals surface area contributed by atoms with Crippen LogP contribution in [0.5, 0.6) is 0 Å². The Morgan fingerprint density at radius 3 is 2.75 bits per heavy atom. The van der Waals surface area contributed by atoms with Gasteiger partial charge in [0.2, 0.25) is 5.95 Å². The normalized spacial score (nSPS) is 10.4. The van der Waals surface area contributed by atoms with Gasteiger partial charge in [-0.05, 0) is 29.8 Å². The van der Waals surface area contributed by atoms with Crippen LogP contribution >= 0.6 is 15.9 Å². The number of anilines is 2. The third-order valence-corrected chi connectivity index (χ3v) is 2.48. The van der Waals surface area contributed by atoms with E-state index in [-0.39, 0.29) is 0 Å². The van der Waals surface area contributed by atoms with Gasteiger partial charge in [0.25, 0.3) is 0 Å². The summed E-state index contributed by atoms with van der Waals surface area (Å²) in [6, 6.07) is 1.68. The number of rotatable bonds is 6. The molecule has 2 N–H and O–H groups in total. The average molecular weight is 289 g/mol. The van der Waals surface area contributed by atoms with E-state index in [4.69, 9.17) is 10.5 Å². The predicted octanol–water partition coefficient (Wildman–Crippen LogP) is 1.68. The van der Waals surface area contributed by atoms with Crippen molar-refractivity contribution < 1.29 is 4.74 Å². The van der Waals surface area contributed by atoms with E-state index >= 15 is 0 Å². The molecule has 1 rings (SSSR count). The summed E-state index contributed by atoms with van der Waals surface area (Å²) in [6.45, 7) is 7.00. The second kappa shape index (κ2) is 6.65. The van der Waals surface area contributed by atoms with Crippen molar-refractivity contribution in [3.63, 3.8) is 0 Å². The van der Waals surface area contributed by atoms with Gasteiger partial charge in [-0.3, -0.25) is 0 Å². The quantitative estimate of drug-likeness (QED) is 0.637. The number of ether oxygens (including phenoxy) is 1. The maximum absolute atomic E-state index is 5.67. The topological polar surface area (TPSA) is 64.3 Å². The van der Waals surface area contributed by atoms with Crippen molar-refractivity contribution in [1.29, 1.82) is 0 Å². The van der Waals surface area contributed by atoms with Crippen LogP contribution in [0, 0.1) is 0 Å². The third kappa shape index (κ3) is 3.94. The van der Waals surface area contributed by atoms with Crippen molar-refractivity contribution in [2.45, 2.75) is 13.8 Å². The largest absolute Gasteiger partial charge is 0.383 e. The number of halogens is 1. The zero-order valence-electron chi connectivity index (χ0n) is 9.61. The van der Waals surface area contributed by atoms with Crippen molar-refractivity contribution in [1.82, 2.24) is 9.97 Å². The Bertz CT molecular complexity index is 314. The van der Waals surface area contributed by atoms with Crippen LogP contribution in [0.15, 0.2) is 10.7 Å². The fourth-order valence-electron chi connectivity index (χ4n) is 1.28. The molecule has 0 atom stereocenters. The first-order valence-electron chi connectivity index (χ1n) is 5.30. The number of hydrogen-bond acceptors (Lipinski definition) is 5. The van der Waals surface area contributed by atoms with E-state index < -0.39 is 0 Å². The molecule has 16 heavy (non-hydrogen) atoms. The Morgan fingerprint density at radius 2 is 2.19 bits per heavy atom. The lowest BCUT2D eigenvalue weighted by atomic mass is 10.5. The zero-order chi connectivity index (χ0) is 12.0. The summed E-state index contributed by atoms with van der Waals surface area (Å²) in [5.74, 6) is 1.10. The van der Waals surface area contributed by atoms with Crippen LogP contribution in [0.25, 0.3) is 0 Å². The molecule has 1 aromatic rings. The summed E-state index contributed by atoms with van der Waals surface area (Å²) < 4.78 is 6.01. The van der Waals surface area contributed by atoms with E-state index in [1.807, 2.05) is 18.7 Å². The third-order valence-electron chi connectivity index (χ3n) is 2.08. The Morgan fingerprint density at radius 1 is 1.44 bits per heavy atom. The molecule has 0 bridgehead atoms. The van der Waals surface area contributed by atoms with Crippen molar-refractivity contribution in [3.05, 3.63) is 10.7 Å². The highest BCUT2D eigenvalue weighted by molar-refractivity contribution is 9.10. The van der Waals surface area contributed by atoms with E-state index in [9.17, 15) is 0 Å². The van der Waals surface area contributed by atoms with Crippen molar-refractivity contribution >= 4 is 27.7 Å². The minimum absolute atomic E-state index is 0.465. The first-order chi connectivity index (χ1) is 7.67. The molecule has 0 unspecified atom stereocenters. The highest BCUT2D eigenvalue weighted by Crippen LogP contribution is 2.15. The summed E-state index contributed by atoms with van der Waals surface area (Å²) in [5, 5.41) is 0. The lowest BCUT2D eigenvalue weighted by molar-refractivity contribution is 0.153. The molecule has 0 radical (unpaired) electrons. The van der Waals surface area contributed by atoms with Crippen LogP contribution in [-0.4, -0.2) is 36.3 Å². The van der Waals surface area contributed by atoms with Crippen molar-refractivity contribution in [2.24, 2.45) is 0 Å². The molecule has 1 heterocycles. The number of likely N-dealkylation sites (N-methyl/N-ethyl adjacent to an activating group) is 1. The predicted molar refractivity (Wildman–Crippen MR) is 68.5 cm³/mol. The summed E-state index contributed by atoms with van der Waals surface area (Å²) in [5.41, 5.74) is 5.67. The summed E-state index contributed by atoms with van der Waals surface area (Å²) in [7, 11) is 0. The van der Waals surface area contributed by atoms with Crippen molar-refractivity contribution in [3.8, 4) is 0 Å². The number of nitrogen functional groups attached to an aromatic ring is 1. The van der Waals surface area contributed by atoms with Gasteiger partial charge in [-0.25, -0.2) is 4.98 Å². The molecule has 6 heteroatoms. The molecule has 0 aliphatic carbocycles. The number of nitrogens with two attached hydrogens (primary N) is 1. The maximum atomic E-state index is 5.67. The molecule has 0 aromatic carbocycles. The van der Waals surface area contributed by atoms with Crippen LogP contribution in [0.4, 0.5) is 11.8 Å². The molecule has 0 aliphatic heterocycles. The molecule has 90 valence electrons. The minimum atomic E-state index is 0.465. The lowest BCUT2D eigenvalue weighted by Crippen LogP contribution is -2.29. The Hall–Kier alpha value is -0.880. The molecule has 0 saturated heterocycles. The van der Waals surface area contributed by atoms with Gasteiger partial charge >= 0.3 is 0 Å². The van der Waals surface area contributed by atoms with Crippen LogP contribution in [0.2, 0.25) is 0 Å². The monoisotopic (exact) mass is 288 g/mol. The van der Waals surface area contributed by atoms with Gasteiger partial charge in [-0.15, -0.1) is 0 Å². The number of aromatic nitrogens is 2. The highest BCUT2D eigenvalue weighted by Gasteiger charge is 2.08. The molecule has 0 saturated carbocycles. The molecule has 1 aromatic heterocycles. The molecule has 0 amide bonds. The van der Waals surface area contributed by atoms with Gasteiger partial charge in [-0.1, -0.05) is 0 Å². The fraction of sp³-hybridized carbons (Fsp3) is 0.600. The maximum Gasteiger partial charge on any atom is 0.228 e. The SMILES string of the molecule is CCOCCN(CC)c1nc(N)cc(Br)n1. The minimum Gasteiger partial charge on any atom is -0.383 e. The Balaban J connectivity index is 2.70. The molecule has 0 fully saturated rings. The van der Waals surface area contributed by atoms with E-state index in [1.54, 1.807) is 6.07 Å². The summed E-state index contributed by atoms with van der Waals surface area (Å²) in [4.78, 5) is 10.5. The Kier molecular flexibility index (Phi) is 5.48. The van der Waals surface area contributed by atoms with Gasteiger partial charge in [0, 0.05) is 25.8 Å². The van der Waals surface area contributed by atoms with E-state index in [0.29, 0.717) is 23.0 Å². The average Bonchev–Trinajstić information content (AvgIpc) is 2.23. The first-order valence-corrected chi connectivity index (χ1v) is 6.09. The second-order valence-corrected chi connectivity index (χ2v) is 4.00. The second-order valence-electron chi connectivity index (χ2n) is 3.19. The van der Waals surface area contributed by atoms with Gasteiger partial charge in [-0.2, -0.15) is 4.98 Å². The van der Waals surface area contributed by atoms with Crippen LogP contribution in [0.3, 0.4) is 0 Å². The first kappa shape index (κ1) is 13.2. The zero-order valence-corrected chi connectivity index (χ0v) is 11.2. The fourth-order valence-corrected chi connectivity index (χ4v) is 1.68. The van der Waals surface area contributed by atoms with E-state index in [0.717, 1.165) is 19.7 Å². The molecule has 0 spiro atoms. The molecule has 5 nitrogen and oxygen atoms in total. The number of hydrogen-bond donors (Lipinski definition) is 1. The lowest BCUT2D eigenvalue weighted by Gasteiger charge is -2.20. The smallest absolute Gasteiger partial charge is 0.228 e. The summed E-state index contributed by atoms with van der Waals surface area (Å²) in [6.07, 6.45) is 0. The number of nitrogens with zero attached hydrogens (tertiary/aromatic N) is 3. The van der Waals surface area contributed by atoms with Gasteiger partial charge in [0.1, 0.15) is 10.4 Å². The van der Waals surface area contributed by atoms with Crippen LogP contribution < -0.4 is 10.6 Å². The summed E-state index contributed by atoms with van der Waals surface area (Å²) >= 11 is 3.30. The Labute approximate surface area is 104 Å². The van der Waals surface area contributed by atoms with E-state index in [1.165, 1.54) is 0 Å². The van der Waals surface area contributed by atoms with Gasteiger partial charge in [0.05, 0.1) is 6.61 Å². The highest BCUT2D eigenvalue weighted by atomic mass is 79.9. The molecular weight excluding hydrogens is 272 g/mol. The van der Waals surface area contributed by atoms with Gasteiger partial charge in [0.15, 0.2) is 0 Å². The van der Waals surface area contributed by atoms with E-state index in [2.05, 4.69) is 25.9 Å². The van der Waals surface area contributed by atoms with Crippen LogP contribution in [0.1, 0.15) is 13.8 Å². The van der Waals surface area contributed by atoms with Gasteiger partial charge < -0.3 is 15.4 Å². The van der Waals surface area contributed by atoms with Crippen molar-refractivity contribution in [2.75, 3.05) is 36.9 Å².